The van der Waals surface area contributed by atoms with Crippen molar-refractivity contribution in [3.05, 3.63) is 29.8 Å². The van der Waals surface area contributed by atoms with Crippen molar-refractivity contribution in [3.63, 3.8) is 0 Å². The Kier molecular flexibility index (Phi) is 6.70. The molecule has 1 aliphatic heterocycles. The number of sulfone groups is 1. The molecule has 3 rings (SSSR count). The van der Waals surface area contributed by atoms with E-state index in [2.05, 4.69) is 19.2 Å². The van der Waals surface area contributed by atoms with Gasteiger partial charge in [0.1, 0.15) is 0 Å². The predicted molar refractivity (Wildman–Crippen MR) is 111 cm³/mol. The second-order valence-electron chi connectivity index (χ2n) is 8.94. The van der Waals surface area contributed by atoms with E-state index >= 15 is 0 Å². The van der Waals surface area contributed by atoms with Gasteiger partial charge in [0.2, 0.25) is 5.91 Å². The van der Waals surface area contributed by atoms with E-state index in [0.29, 0.717) is 30.3 Å². The first-order chi connectivity index (χ1) is 13.6. The Morgan fingerprint density at radius 3 is 2.59 bits per heavy atom. The summed E-state index contributed by atoms with van der Waals surface area (Å²) < 4.78 is 35.1. The minimum atomic E-state index is -3.23. The summed E-state index contributed by atoms with van der Waals surface area (Å²) in [6.45, 7) is 4.78. The molecule has 162 valence electrons. The summed E-state index contributed by atoms with van der Waals surface area (Å²) >= 11 is 0. The van der Waals surface area contributed by atoms with Gasteiger partial charge < -0.3 is 14.8 Å². The molecule has 29 heavy (non-hydrogen) atoms. The van der Waals surface area contributed by atoms with Gasteiger partial charge >= 0.3 is 0 Å². The van der Waals surface area contributed by atoms with Crippen molar-refractivity contribution in [2.45, 2.75) is 68.6 Å². The number of methoxy groups -OCH3 is 1. The Bertz CT molecular complexity index is 822. The third-order valence-electron chi connectivity index (χ3n) is 6.46. The highest BCUT2D eigenvalue weighted by Crippen LogP contribution is 2.47. The highest BCUT2D eigenvalue weighted by Gasteiger charge is 2.49. The van der Waals surface area contributed by atoms with Gasteiger partial charge in [-0.1, -0.05) is 25.5 Å². The SMILES string of the molecule is COCCC(=O)N[C@]1(C)C[C@H](c2ccc(S(C)(=O)=O)cc2)O[C@@H]2C[C@H](C)CC[C@H]21. The van der Waals surface area contributed by atoms with Crippen molar-refractivity contribution in [2.75, 3.05) is 20.0 Å². The molecular weight excluding hydrogens is 390 g/mol. The number of rotatable bonds is 6. The van der Waals surface area contributed by atoms with Crippen molar-refractivity contribution < 1.29 is 22.7 Å². The molecule has 0 radical (unpaired) electrons. The van der Waals surface area contributed by atoms with Crippen LogP contribution in [-0.4, -0.2) is 45.9 Å². The van der Waals surface area contributed by atoms with Crippen LogP contribution in [0.4, 0.5) is 0 Å². The van der Waals surface area contributed by atoms with Gasteiger partial charge in [-0.15, -0.1) is 0 Å². The lowest BCUT2D eigenvalue weighted by molar-refractivity contribution is -0.154. The molecule has 1 saturated heterocycles. The van der Waals surface area contributed by atoms with Gasteiger partial charge in [-0.3, -0.25) is 4.79 Å². The molecule has 1 aromatic carbocycles. The van der Waals surface area contributed by atoms with Gasteiger partial charge in [-0.05, 0) is 43.4 Å². The number of nitrogens with one attached hydrogen (secondary N) is 1. The van der Waals surface area contributed by atoms with E-state index < -0.39 is 9.84 Å². The van der Waals surface area contributed by atoms with Gasteiger partial charge in [-0.25, -0.2) is 8.42 Å². The summed E-state index contributed by atoms with van der Waals surface area (Å²) in [5, 5.41) is 3.28. The largest absolute Gasteiger partial charge is 0.384 e. The average Bonchev–Trinajstić information content (AvgIpc) is 2.65. The summed E-state index contributed by atoms with van der Waals surface area (Å²) in [5.74, 6) is 0.868. The number of amides is 1. The maximum atomic E-state index is 12.5. The fraction of sp³-hybridized carbons (Fsp3) is 0.682. The zero-order valence-corrected chi connectivity index (χ0v) is 18.6. The first-order valence-corrected chi connectivity index (χ1v) is 12.3. The van der Waals surface area contributed by atoms with E-state index in [1.54, 1.807) is 19.2 Å². The predicted octanol–water partition coefficient (Wildman–Crippen LogP) is 3.27. The molecule has 1 heterocycles. The monoisotopic (exact) mass is 423 g/mol. The van der Waals surface area contributed by atoms with Crippen LogP contribution in [0.2, 0.25) is 0 Å². The first-order valence-electron chi connectivity index (χ1n) is 10.4. The van der Waals surface area contributed by atoms with E-state index in [1.807, 2.05) is 12.1 Å². The quantitative estimate of drug-likeness (QED) is 0.759. The molecular formula is C22H33NO5S. The zero-order chi connectivity index (χ0) is 21.2. The number of benzene rings is 1. The lowest BCUT2D eigenvalue weighted by Gasteiger charge is -2.52. The molecule has 2 aliphatic rings. The van der Waals surface area contributed by atoms with E-state index in [1.165, 1.54) is 6.26 Å². The molecule has 1 amide bonds. The third-order valence-corrected chi connectivity index (χ3v) is 7.59. The van der Waals surface area contributed by atoms with Crippen LogP contribution in [0.15, 0.2) is 29.2 Å². The number of carbonyl (C=O) groups excluding carboxylic acids is 1. The summed E-state index contributed by atoms with van der Waals surface area (Å²) in [6, 6.07) is 6.94. The second-order valence-corrected chi connectivity index (χ2v) is 11.0. The molecule has 7 heteroatoms. The maximum Gasteiger partial charge on any atom is 0.222 e. The van der Waals surface area contributed by atoms with E-state index in [4.69, 9.17) is 9.47 Å². The average molecular weight is 424 g/mol. The normalized spacial score (nSPS) is 32.4. The minimum absolute atomic E-state index is 0.000189. The molecule has 1 aliphatic carbocycles. The van der Waals surface area contributed by atoms with E-state index in [-0.39, 0.29) is 29.6 Å². The number of hydrogen-bond donors (Lipinski definition) is 1. The van der Waals surface area contributed by atoms with Gasteiger partial charge in [0, 0.05) is 37.7 Å². The fourth-order valence-corrected chi connectivity index (χ4v) is 5.48. The van der Waals surface area contributed by atoms with Gasteiger partial charge in [0.25, 0.3) is 0 Å². The lowest BCUT2D eigenvalue weighted by Crippen LogP contribution is -2.60. The van der Waals surface area contributed by atoms with Crippen molar-refractivity contribution >= 4 is 15.7 Å². The molecule has 6 nitrogen and oxygen atoms in total. The molecule has 0 aromatic heterocycles. The van der Waals surface area contributed by atoms with Crippen LogP contribution in [0.5, 0.6) is 0 Å². The molecule has 1 N–H and O–H groups in total. The van der Waals surface area contributed by atoms with Crippen molar-refractivity contribution in [2.24, 2.45) is 11.8 Å². The van der Waals surface area contributed by atoms with Crippen molar-refractivity contribution in [1.29, 1.82) is 0 Å². The Balaban J connectivity index is 1.84. The number of ether oxygens (including phenoxy) is 2. The summed E-state index contributed by atoms with van der Waals surface area (Å²) in [5.41, 5.74) is 0.583. The molecule has 5 atom stereocenters. The Labute approximate surface area is 174 Å². The lowest BCUT2D eigenvalue weighted by atomic mass is 9.66. The zero-order valence-electron chi connectivity index (χ0n) is 17.8. The van der Waals surface area contributed by atoms with Crippen LogP contribution in [0.25, 0.3) is 0 Å². The van der Waals surface area contributed by atoms with Crippen LogP contribution in [0.3, 0.4) is 0 Å². The topological polar surface area (TPSA) is 81.7 Å². The van der Waals surface area contributed by atoms with Crippen LogP contribution < -0.4 is 5.32 Å². The Hall–Kier alpha value is -1.44. The fourth-order valence-electron chi connectivity index (χ4n) is 4.85. The van der Waals surface area contributed by atoms with Gasteiger partial charge in [-0.2, -0.15) is 0 Å². The Morgan fingerprint density at radius 1 is 1.28 bits per heavy atom. The molecule has 0 unspecified atom stereocenters. The third kappa shape index (κ3) is 5.19. The van der Waals surface area contributed by atoms with Crippen molar-refractivity contribution in [1.82, 2.24) is 5.32 Å². The second kappa shape index (κ2) is 8.74. The first kappa shape index (κ1) is 22.2. The molecule has 0 bridgehead atoms. The molecule has 1 saturated carbocycles. The minimum Gasteiger partial charge on any atom is -0.384 e. The van der Waals surface area contributed by atoms with Crippen LogP contribution in [-0.2, 0) is 24.1 Å². The highest BCUT2D eigenvalue weighted by molar-refractivity contribution is 7.90. The molecule has 1 aromatic rings. The Morgan fingerprint density at radius 2 is 1.97 bits per heavy atom. The summed E-state index contributed by atoms with van der Waals surface area (Å²) in [7, 11) is -1.64. The molecule has 0 spiro atoms. The number of hydrogen-bond acceptors (Lipinski definition) is 5. The van der Waals surface area contributed by atoms with E-state index in [9.17, 15) is 13.2 Å². The van der Waals surface area contributed by atoms with Crippen LogP contribution in [0, 0.1) is 11.8 Å². The summed E-state index contributed by atoms with van der Waals surface area (Å²) in [6.07, 6.45) is 5.27. The maximum absolute atomic E-state index is 12.5. The number of fused-ring (bicyclic) bond motifs is 1. The summed E-state index contributed by atoms with van der Waals surface area (Å²) in [4.78, 5) is 12.8. The molecule has 2 fully saturated rings. The van der Waals surface area contributed by atoms with E-state index in [0.717, 1.165) is 24.8 Å². The van der Waals surface area contributed by atoms with Crippen molar-refractivity contribution in [3.8, 4) is 0 Å². The highest BCUT2D eigenvalue weighted by atomic mass is 32.2. The van der Waals surface area contributed by atoms with Gasteiger partial charge in [0.15, 0.2) is 9.84 Å². The number of carbonyl (C=O) groups is 1. The van der Waals surface area contributed by atoms with Gasteiger partial charge in [0.05, 0.1) is 23.7 Å². The van der Waals surface area contributed by atoms with Crippen LogP contribution >= 0.6 is 0 Å². The standard InChI is InChI=1S/C22H33NO5S/c1-15-5-10-18-19(13-15)28-20(14-22(18,2)23-21(24)11-12-27-3)16-6-8-17(9-7-16)29(4,25)26/h6-9,15,18-20H,5,10-14H2,1-4H3,(H,23,24)/t15-,18-,19-,20-,22-/m1/s1. The van der Waals surface area contributed by atoms with Crippen LogP contribution in [0.1, 0.15) is 57.6 Å². The smallest absolute Gasteiger partial charge is 0.222 e.